The molecule has 0 saturated heterocycles. The van der Waals surface area contributed by atoms with Gasteiger partial charge in [0.05, 0.1) is 20.8 Å². The fourth-order valence-electron chi connectivity index (χ4n) is 2.05. The Hall–Kier alpha value is -1.42. The Morgan fingerprint density at radius 3 is 2.21 bits per heavy atom. The first-order valence-corrected chi connectivity index (χ1v) is 6.77. The molecule has 4 heteroatoms. The minimum atomic E-state index is 0.104. The summed E-state index contributed by atoms with van der Waals surface area (Å²) in [7, 11) is 3.29. The van der Waals surface area contributed by atoms with Crippen molar-refractivity contribution < 1.29 is 14.2 Å². The first kappa shape index (κ1) is 14.0. The maximum absolute atomic E-state index is 5.85. The van der Waals surface area contributed by atoms with Gasteiger partial charge >= 0.3 is 0 Å². The van der Waals surface area contributed by atoms with E-state index in [2.05, 4.69) is 0 Å². The van der Waals surface area contributed by atoms with Crippen LogP contribution in [0.25, 0.3) is 0 Å². The van der Waals surface area contributed by atoms with Crippen molar-refractivity contribution >= 4 is 0 Å². The van der Waals surface area contributed by atoms with E-state index in [1.807, 2.05) is 19.1 Å². The number of methoxy groups -OCH3 is 2. The third-order valence-corrected chi connectivity index (χ3v) is 3.24. The summed E-state index contributed by atoms with van der Waals surface area (Å²) in [6, 6.07) is 4.06. The average molecular weight is 265 g/mol. The Morgan fingerprint density at radius 2 is 1.79 bits per heavy atom. The zero-order valence-electron chi connectivity index (χ0n) is 11.9. The highest BCUT2D eigenvalue weighted by molar-refractivity contribution is 5.54. The quantitative estimate of drug-likeness (QED) is 0.822. The van der Waals surface area contributed by atoms with Crippen LogP contribution in [0.4, 0.5) is 0 Å². The topological polar surface area (TPSA) is 53.7 Å². The molecule has 1 fully saturated rings. The van der Waals surface area contributed by atoms with E-state index in [4.69, 9.17) is 19.9 Å². The monoisotopic (exact) mass is 265 g/mol. The van der Waals surface area contributed by atoms with Crippen LogP contribution in [-0.4, -0.2) is 26.9 Å². The molecule has 0 heterocycles. The van der Waals surface area contributed by atoms with Gasteiger partial charge in [-0.15, -0.1) is 0 Å². The highest BCUT2D eigenvalue weighted by Crippen LogP contribution is 2.40. The van der Waals surface area contributed by atoms with Gasteiger partial charge in [-0.1, -0.05) is 0 Å². The van der Waals surface area contributed by atoms with E-state index in [1.54, 1.807) is 14.2 Å². The number of rotatable bonds is 7. The number of nitrogens with two attached hydrogens (primary N) is 1. The third-order valence-electron chi connectivity index (χ3n) is 3.24. The Bertz CT molecular complexity index is 402. The molecule has 4 nitrogen and oxygen atoms in total. The van der Waals surface area contributed by atoms with Gasteiger partial charge in [-0.25, -0.2) is 0 Å². The average Bonchev–Trinajstić information content (AvgIpc) is 3.19. The lowest BCUT2D eigenvalue weighted by molar-refractivity contribution is 0.263. The van der Waals surface area contributed by atoms with Crippen molar-refractivity contribution in [3.63, 3.8) is 0 Å². The van der Waals surface area contributed by atoms with Gasteiger partial charge in [-0.05, 0) is 49.8 Å². The molecule has 0 aliphatic heterocycles. The van der Waals surface area contributed by atoms with Crippen molar-refractivity contribution in [3.8, 4) is 17.2 Å². The summed E-state index contributed by atoms with van der Waals surface area (Å²) in [5.41, 5.74) is 6.94. The molecule has 1 unspecified atom stereocenters. The van der Waals surface area contributed by atoms with E-state index in [0.29, 0.717) is 11.7 Å². The summed E-state index contributed by atoms with van der Waals surface area (Å²) in [5, 5.41) is 0. The van der Waals surface area contributed by atoms with Crippen LogP contribution in [-0.2, 0) is 6.42 Å². The van der Waals surface area contributed by atoms with Gasteiger partial charge in [-0.2, -0.15) is 0 Å². The fourth-order valence-corrected chi connectivity index (χ4v) is 2.05. The molecule has 0 aromatic heterocycles. The predicted octanol–water partition coefficient (Wildman–Crippen LogP) is 2.38. The second kappa shape index (κ2) is 6.15. The van der Waals surface area contributed by atoms with Crippen LogP contribution in [0.5, 0.6) is 17.2 Å². The Morgan fingerprint density at radius 1 is 1.21 bits per heavy atom. The molecule has 2 rings (SSSR count). The lowest BCUT2D eigenvalue weighted by Crippen LogP contribution is -2.17. The largest absolute Gasteiger partial charge is 0.493 e. The maximum Gasteiger partial charge on any atom is 0.203 e. The van der Waals surface area contributed by atoms with Gasteiger partial charge in [0.15, 0.2) is 11.5 Å². The molecule has 1 atom stereocenters. The summed E-state index contributed by atoms with van der Waals surface area (Å²) in [6.07, 6.45) is 3.30. The van der Waals surface area contributed by atoms with Gasteiger partial charge in [0.2, 0.25) is 5.75 Å². The minimum absolute atomic E-state index is 0.104. The Labute approximate surface area is 114 Å². The van der Waals surface area contributed by atoms with Crippen molar-refractivity contribution in [1.82, 2.24) is 0 Å². The highest BCUT2D eigenvalue weighted by Gasteiger charge is 2.24. The standard InChI is InChI=1S/C15H23NO3/c1-10(16)6-12-7-13(17-2)15(14(8-12)18-3)19-9-11-4-5-11/h7-8,10-11H,4-6,9,16H2,1-3H3. The molecule has 0 spiro atoms. The first-order chi connectivity index (χ1) is 9.13. The molecular weight excluding hydrogens is 242 g/mol. The van der Waals surface area contributed by atoms with Crippen molar-refractivity contribution in [1.29, 1.82) is 0 Å². The second-order valence-corrected chi connectivity index (χ2v) is 5.27. The number of benzene rings is 1. The lowest BCUT2D eigenvalue weighted by atomic mass is 10.1. The SMILES string of the molecule is COc1cc(CC(C)N)cc(OC)c1OCC1CC1. The molecule has 1 aromatic carbocycles. The third kappa shape index (κ3) is 3.77. The van der Waals surface area contributed by atoms with E-state index >= 15 is 0 Å². The predicted molar refractivity (Wildman–Crippen MR) is 75.1 cm³/mol. The van der Waals surface area contributed by atoms with Crippen LogP contribution in [0.2, 0.25) is 0 Å². The van der Waals surface area contributed by atoms with Gasteiger partial charge < -0.3 is 19.9 Å². The molecule has 2 N–H and O–H groups in total. The zero-order chi connectivity index (χ0) is 13.8. The van der Waals surface area contributed by atoms with Gasteiger partial charge in [0.25, 0.3) is 0 Å². The van der Waals surface area contributed by atoms with Crippen molar-refractivity contribution in [2.75, 3.05) is 20.8 Å². The number of hydrogen-bond donors (Lipinski definition) is 1. The number of hydrogen-bond acceptors (Lipinski definition) is 4. The summed E-state index contributed by atoms with van der Waals surface area (Å²) in [6.45, 7) is 2.72. The fraction of sp³-hybridized carbons (Fsp3) is 0.600. The Balaban J connectivity index is 2.22. The van der Waals surface area contributed by atoms with E-state index in [1.165, 1.54) is 12.8 Å². The Kier molecular flexibility index (Phi) is 4.53. The molecule has 0 amide bonds. The molecule has 19 heavy (non-hydrogen) atoms. The molecule has 0 radical (unpaired) electrons. The molecule has 1 aliphatic carbocycles. The van der Waals surface area contributed by atoms with Gasteiger partial charge in [0, 0.05) is 6.04 Å². The lowest BCUT2D eigenvalue weighted by Gasteiger charge is -2.16. The van der Waals surface area contributed by atoms with Crippen LogP contribution in [0.15, 0.2) is 12.1 Å². The smallest absolute Gasteiger partial charge is 0.203 e. The zero-order valence-corrected chi connectivity index (χ0v) is 11.9. The van der Waals surface area contributed by atoms with Gasteiger partial charge in [-0.3, -0.25) is 0 Å². The second-order valence-electron chi connectivity index (χ2n) is 5.27. The summed E-state index contributed by atoms with van der Waals surface area (Å²) >= 11 is 0. The van der Waals surface area contributed by atoms with E-state index in [-0.39, 0.29) is 6.04 Å². The van der Waals surface area contributed by atoms with E-state index < -0.39 is 0 Å². The van der Waals surface area contributed by atoms with E-state index in [9.17, 15) is 0 Å². The van der Waals surface area contributed by atoms with Crippen LogP contribution < -0.4 is 19.9 Å². The van der Waals surface area contributed by atoms with Crippen molar-refractivity contribution in [2.45, 2.75) is 32.2 Å². The molecule has 1 aliphatic rings. The van der Waals surface area contributed by atoms with Crippen LogP contribution in [0.1, 0.15) is 25.3 Å². The minimum Gasteiger partial charge on any atom is -0.493 e. The van der Waals surface area contributed by atoms with Crippen molar-refractivity contribution in [3.05, 3.63) is 17.7 Å². The molecule has 0 bridgehead atoms. The molecule has 106 valence electrons. The molecular formula is C15H23NO3. The maximum atomic E-state index is 5.85. The first-order valence-electron chi connectivity index (χ1n) is 6.77. The highest BCUT2D eigenvalue weighted by atomic mass is 16.5. The van der Waals surface area contributed by atoms with Crippen LogP contribution in [0, 0.1) is 5.92 Å². The van der Waals surface area contributed by atoms with Crippen LogP contribution in [0.3, 0.4) is 0 Å². The van der Waals surface area contributed by atoms with Crippen LogP contribution >= 0.6 is 0 Å². The molecule has 1 aromatic rings. The summed E-state index contributed by atoms with van der Waals surface area (Å²) in [4.78, 5) is 0. The van der Waals surface area contributed by atoms with Crippen molar-refractivity contribution in [2.24, 2.45) is 11.7 Å². The van der Waals surface area contributed by atoms with Gasteiger partial charge in [0.1, 0.15) is 0 Å². The summed E-state index contributed by atoms with van der Waals surface area (Å²) < 4.78 is 16.7. The normalized spacial score (nSPS) is 16.0. The summed E-state index contributed by atoms with van der Waals surface area (Å²) in [5.74, 6) is 2.83. The molecule has 1 saturated carbocycles. The van der Waals surface area contributed by atoms with E-state index in [0.717, 1.165) is 30.1 Å². The number of ether oxygens (including phenoxy) is 3.